The van der Waals surface area contributed by atoms with Crippen LogP contribution in [0.2, 0.25) is 5.02 Å². The minimum atomic E-state index is -0.405. The van der Waals surface area contributed by atoms with Crippen LogP contribution in [0.25, 0.3) is 0 Å². The van der Waals surface area contributed by atoms with E-state index in [-0.39, 0.29) is 11.5 Å². The first-order valence-electron chi connectivity index (χ1n) is 6.34. The number of amides is 1. The number of aromatic nitrogens is 1. The minimum absolute atomic E-state index is 0.109. The summed E-state index contributed by atoms with van der Waals surface area (Å²) in [7, 11) is 1.42. The number of phenols is 1. The van der Waals surface area contributed by atoms with Gasteiger partial charge < -0.3 is 9.84 Å². The Morgan fingerprint density at radius 2 is 2.23 bits per heavy atom. The zero-order chi connectivity index (χ0) is 16.1. The fourth-order valence-corrected chi connectivity index (χ4v) is 1.89. The van der Waals surface area contributed by atoms with E-state index in [9.17, 15) is 9.90 Å². The van der Waals surface area contributed by atoms with Crippen LogP contribution in [0.1, 0.15) is 21.6 Å². The molecule has 0 aliphatic rings. The maximum atomic E-state index is 11.8. The molecule has 0 saturated carbocycles. The SMILES string of the molecule is COc1cc(Cl)cc(C=NNC(=O)c2ccc(C)nc2)c1O. The molecule has 0 atom stereocenters. The number of aryl methyl sites for hydroxylation is 1. The van der Waals surface area contributed by atoms with Crippen LogP contribution in [0.5, 0.6) is 11.5 Å². The lowest BCUT2D eigenvalue weighted by molar-refractivity contribution is 0.0954. The van der Waals surface area contributed by atoms with Crippen LogP contribution in [0, 0.1) is 6.92 Å². The van der Waals surface area contributed by atoms with Crippen LogP contribution in [-0.2, 0) is 0 Å². The number of rotatable bonds is 4. The lowest BCUT2D eigenvalue weighted by Crippen LogP contribution is -2.17. The van der Waals surface area contributed by atoms with Gasteiger partial charge in [-0.3, -0.25) is 9.78 Å². The molecular weight excluding hydrogens is 306 g/mol. The van der Waals surface area contributed by atoms with E-state index in [1.807, 2.05) is 6.92 Å². The first-order chi connectivity index (χ1) is 10.5. The van der Waals surface area contributed by atoms with E-state index in [0.717, 1.165) is 5.69 Å². The molecule has 0 bridgehead atoms. The molecule has 7 heteroatoms. The van der Waals surface area contributed by atoms with Crippen molar-refractivity contribution in [1.82, 2.24) is 10.4 Å². The van der Waals surface area contributed by atoms with E-state index in [0.29, 0.717) is 16.1 Å². The molecule has 1 amide bonds. The second kappa shape index (κ2) is 6.91. The number of hydrogen-bond donors (Lipinski definition) is 2. The molecule has 2 rings (SSSR count). The highest BCUT2D eigenvalue weighted by atomic mass is 35.5. The van der Waals surface area contributed by atoms with Crippen molar-refractivity contribution in [1.29, 1.82) is 0 Å². The summed E-state index contributed by atoms with van der Waals surface area (Å²) in [5.41, 5.74) is 3.87. The third kappa shape index (κ3) is 3.73. The van der Waals surface area contributed by atoms with Gasteiger partial charge in [0.15, 0.2) is 11.5 Å². The Labute approximate surface area is 132 Å². The van der Waals surface area contributed by atoms with E-state index < -0.39 is 5.91 Å². The summed E-state index contributed by atoms with van der Waals surface area (Å²) in [5.74, 6) is -0.290. The van der Waals surface area contributed by atoms with Gasteiger partial charge in [0.2, 0.25) is 0 Å². The van der Waals surface area contributed by atoms with E-state index >= 15 is 0 Å². The van der Waals surface area contributed by atoms with Crippen LogP contribution in [-0.4, -0.2) is 29.3 Å². The van der Waals surface area contributed by atoms with Crippen LogP contribution >= 0.6 is 11.6 Å². The van der Waals surface area contributed by atoms with Crippen molar-refractivity contribution >= 4 is 23.7 Å². The third-order valence-electron chi connectivity index (χ3n) is 2.83. The Bertz CT molecular complexity index is 715. The van der Waals surface area contributed by atoms with Crippen LogP contribution in [0.15, 0.2) is 35.6 Å². The number of benzene rings is 1. The van der Waals surface area contributed by atoms with Crippen molar-refractivity contribution in [2.45, 2.75) is 6.92 Å². The van der Waals surface area contributed by atoms with Crippen molar-refractivity contribution in [3.05, 3.63) is 52.3 Å². The number of methoxy groups -OCH3 is 1. The van der Waals surface area contributed by atoms with Gasteiger partial charge in [-0.05, 0) is 25.1 Å². The van der Waals surface area contributed by atoms with Gasteiger partial charge >= 0.3 is 0 Å². The summed E-state index contributed by atoms with van der Waals surface area (Å²) in [6, 6.07) is 6.35. The zero-order valence-corrected chi connectivity index (χ0v) is 12.8. The van der Waals surface area contributed by atoms with Gasteiger partial charge in [0.25, 0.3) is 5.91 Å². The van der Waals surface area contributed by atoms with Gasteiger partial charge in [-0.25, -0.2) is 5.43 Å². The molecule has 0 saturated heterocycles. The topological polar surface area (TPSA) is 83.8 Å². The van der Waals surface area contributed by atoms with Crippen molar-refractivity contribution in [2.24, 2.45) is 5.10 Å². The van der Waals surface area contributed by atoms with Crippen LogP contribution in [0.4, 0.5) is 0 Å². The highest BCUT2D eigenvalue weighted by Gasteiger charge is 2.09. The van der Waals surface area contributed by atoms with Gasteiger partial charge in [0.05, 0.1) is 18.9 Å². The number of carbonyl (C=O) groups excluding carboxylic acids is 1. The number of nitrogens with one attached hydrogen (secondary N) is 1. The summed E-state index contributed by atoms with van der Waals surface area (Å²) < 4.78 is 4.98. The molecule has 114 valence electrons. The zero-order valence-electron chi connectivity index (χ0n) is 12.0. The molecule has 2 N–H and O–H groups in total. The Balaban J connectivity index is 2.11. The lowest BCUT2D eigenvalue weighted by atomic mass is 10.2. The maximum Gasteiger partial charge on any atom is 0.272 e. The van der Waals surface area contributed by atoms with Crippen molar-refractivity contribution in [3.63, 3.8) is 0 Å². The van der Waals surface area contributed by atoms with E-state index in [1.54, 1.807) is 12.1 Å². The van der Waals surface area contributed by atoms with Gasteiger partial charge in [0, 0.05) is 28.5 Å². The van der Waals surface area contributed by atoms with E-state index in [1.165, 1.54) is 31.7 Å². The summed E-state index contributed by atoms with van der Waals surface area (Å²) in [6.45, 7) is 1.83. The second-order valence-corrected chi connectivity index (χ2v) is 4.87. The highest BCUT2D eigenvalue weighted by Crippen LogP contribution is 2.32. The largest absolute Gasteiger partial charge is 0.504 e. The van der Waals surface area contributed by atoms with Crippen LogP contribution in [0.3, 0.4) is 0 Å². The van der Waals surface area contributed by atoms with Crippen molar-refractivity contribution in [2.75, 3.05) is 7.11 Å². The van der Waals surface area contributed by atoms with Crippen LogP contribution < -0.4 is 10.2 Å². The van der Waals surface area contributed by atoms with Gasteiger partial charge in [-0.2, -0.15) is 5.10 Å². The molecule has 0 spiro atoms. The number of phenolic OH excluding ortho intramolecular Hbond substituents is 1. The first kappa shape index (κ1) is 15.8. The summed E-state index contributed by atoms with van der Waals surface area (Å²) in [6.07, 6.45) is 2.74. The number of ether oxygens (including phenoxy) is 1. The predicted molar refractivity (Wildman–Crippen MR) is 83.7 cm³/mol. The monoisotopic (exact) mass is 319 g/mol. The molecular formula is C15H14ClN3O3. The quantitative estimate of drug-likeness (QED) is 0.670. The number of hydrazone groups is 1. The summed E-state index contributed by atoms with van der Waals surface area (Å²) in [5, 5.41) is 14.1. The Morgan fingerprint density at radius 3 is 2.86 bits per heavy atom. The molecule has 1 aromatic carbocycles. The summed E-state index contributed by atoms with van der Waals surface area (Å²) >= 11 is 5.90. The third-order valence-corrected chi connectivity index (χ3v) is 3.05. The highest BCUT2D eigenvalue weighted by molar-refractivity contribution is 6.31. The Morgan fingerprint density at radius 1 is 1.45 bits per heavy atom. The summed E-state index contributed by atoms with van der Waals surface area (Å²) in [4.78, 5) is 15.9. The average molecular weight is 320 g/mol. The lowest BCUT2D eigenvalue weighted by Gasteiger charge is -2.06. The first-order valence-corrected chi connectivity index (χ1v) is 6.71. The standard InChI is InChI=1S/C15H14ClN3O3/c1-9-3-4-10(7-17-9)15(21)19-18-8-11-5-12(16)6-13(22-2)14(11)20/h3-8,20H,1-2H3,(H,19,21). The van der Waals surface area contributed by atoms with E-state index in [4.69, 9.17) is 16.3 Å². The van der Waals surface area contributed by atoms with Crippen molar-refractivity contribution in [3.8, 4) is 11.5 Å². The fourth-order valence-electron chi connectivity index (χ4n) is 1.68. The smallest absolute Gasteiger partial charge is 0.272 e. The number of pyridine rings is 1. The number of carbonyl (C=O) groups is 1. The second-order valence-electron chi connectivity index (χ2n) is 4.43. The maximum absolute atomic E-state index is 11.8. The van der Waals surface area contributed by atoms with Gasteiger partial charge in [-0.15, -0.1) is 0 Å². The molecule has 0 aliphatic carbocycles. The Kier molecular flexibility index (Phi) is 4.95. The predicted octanol–water partition coefficient (Wildman–Crippen LogP) is 2.52. The minimum Gasteiger partial charge on any atom is -0.504 e. The normalized spacial score (nSPS) is 10.7. The molecule has 1 aromatic heterocycles. The molecule has 0 aliphatic heterocycles. The van der Waals surface area contributed by atoms with Gasteiger partial charge in [0.1, 0.15) is 0 Å². The van der Waals surface area contributed by atoms with E-state index in [2.05, 4.69) is 15.5 Å². The molecule has 1 heterocycles. The molecule has 22 heavy (non-hydrogen) atoms. The number of nitrogens with zero attached hydrogens (tertiary/aromatic N) is 2. The average Bonchev–Trinajstić information content (AvgIpc) is 2.50. The Hall–Kier alpha value is -2.60. The van der Waals surface area contributed by atoms with Gasteiger partial charge in [-0.1, -0.05) is 11.6 Å². The number of aromatic hydroxyl groups is 1. The van der Waals surface area contributed by atoms with Crippen molar-refractivity contribution < 1.29 is 14.6 Å². The molecule has 0 radical (unpaired) electrons. The molecule has 0 fully saturated rings. The molecule has 2 aromatic rings. The number of halogens is 1. The number of hydrogen-bond acceptors (Lipinski definition) is 5. The molecule has 0 unspecified atom stereocenters. The molecule has 6 nitrogen and oxygen atoms in total. The fraction of sp³-hybridized carbons (Fsp3) is 0.133.